The average Bonchev–Trinajstić information content (AvgIpc) is 1.69. The maximum atomic E-state index is 13.2. The lowest BCUT2D eigenvalue weighted by atomic mass is 9.86. The van der Waals surface area contributed by atoms with Crippen LogP contribution in [0.5, 0.6) is 0 Å². The summed E-state index contributed by atoms with van der Waals surface area (Å²) in [5.41, 5.74) is 10.6. The van der Waals surface area contributed by atoms with Crippen LogP contribution in [0.3, 0.4) is 0 Å². The molecule has 2 aliphatic heterocycles. The number of hydrogen-bond donors (Lipinski definition) is 4. The van der Waals surface area contributed by atoms with Gasteiger partial charge in [0.2, 0.25) is 0 Å². The zero-order chi connectivity index (χ0) is 73.5. The molecule has 6 aromatic carbocycles. The summed E-state index contributed by atoms with van der Waals surface area (Å²) in [7, 11) is 2.14. The molecular formula is C91H119ClN10O3. The van der Waals surface area contributed by atoms with E-state index < -0.39 is 0 Å². The number of amides is 3. The third kappa shape index (κ3) is 23.3. The molecule has 0 saturated carbocycles. The van der Waals surface area contributed by atoms with Crippen LogP contribution in [0.4, 0.5) is 0 Å². The highest BCUT2D eigenvalue weighted by atomic mass is 35.5. The maximum absolute atomic E-state index is 13.2. The first kappa shape index (κ1) is 79.2. The van der Waals surface area contributed by atoms with Gasteiger partial charge in [0.15, 0.2) is 0 Å². The molecule has 6 heterocycles. The highest BCUT2D eigenvalue weighted by Crippen LogP contribution is 2.41. The number of rotatable bonds is 38. The standard InChI is InChI=1S/C35H49N3O.C29H41N3O.C27H29ClN4O/c1-3-5-12-27(4-2)25-36-35(39)33-26-37(34-16-10-9-15-32(33)34)21-11-22-38-30-19-20-31(38)24-29(23-30)18-17-28-13-7-6-8-14-28;1-4-6-13-24(5-2)21-31-29(33)27-22-32(28-17-11-10-16-26(27)28)19-12-18-30-20-23(3)25-14-8-7-9-15-25;1-31(18-14-22-10-6-7-15-29-22)16-8-17-32-20-24(23-11-3-5-13-26(23)32)27(33)30-19-21-9-2-4-12-25(21)28/h6-10,13-16,26-27,29-31H,3-5,11-12,17-25H2,1-2H3,(H,36,39);7-11,14-17,22-24,30H,4-6,12-13,18-21H2,1-3H3,(H,31,33);2-7,9-13,15,20H,8,14,16-19H2,1H3,(H,30,33). The summed E-state index contributed by atoms with van der Waals surface area (Å²) in [4.78, 5) is 48.8. The van der Waals surface area contributed by atoms with E-state index in [0.29, 0.717) is 34.9 Å². The van der Waals surface area contributed by atoms with E-state index in [9.17, 15) is 14.4 Å². The highest BCUT2D eigenvalue weighted by Gasteiger charge is 2.40. The van der Waals surface area contributed by atoms with Crippen molar-refractivity contribution in [3.8, 4) is 0 Å². The van der Waals surface area contributed by atoms with Gasteiger partial charge in [0, 0.05) is 146 Å². The second-order valence-electron chi connectivity index (χ2n) is 29.7. The molecule has 105 heavy (non-hydrogen) atoms. The van der Waals surface area contributed by atoms with Gasteiger partial charge in [-0.3, -0.25) is 24.3 Å². The van der Waals surface area contributed by atoms with Crippen LogP contribution in [-0.2, 0) is 39.0 Å². The Morgan fingerprint density at radius 1 is 0.524 bits per heavy atom. The number of halogens is 1. The molecule has 0 spiro atoms. The summed E-state index contributed by atoms with van der Waals surface area (Å²) < 4.78 is 6.75. The number of aromatic nitrogens is 4. The van der Waals surface area contributed by atoms with Crippen LogP contribution in [0.15, 0.2) is 201 Å². The molecule has 558 valence electrons. The molecule has 5 unspecified atom stereocenters. The van der Waals surface area contributed by atoms with Crippen LogP contribution in [0.25, 0.3) is 32.7 Å². The van der Waals surface area contributed by atoms with E-state index in [1.54, 1.807) is 0 Å². The molecule has 12 rings (SSSR count). The van der Waals surface area contributed by atoms with Crippen LogP contribution in [-0.4, -0.2) is 111 Å². The fraction of sp³-hybridized carbons (Fsp3) is 0.451. The summed E-state index contributed by atoms with van der Waals surface area (Å²) in [6, 6.07) is 61.6. The molecule has 3 amide bonds. The maximum Gasteiger partial charge on any atom is 0.253 e. The van der Waals surface area contributed by atoms with Gasteiger partial charge in [-0.2, -0.15) is 0 Å². The number of para-hydroxylation sites is 3. The van der Waals surface area contributed by atoms with Crippen molar-refractivity contribution in [2.24, 2.45) is 17.8 Å². The molecule has 10 aromatic rings. The van der Waals surface area contributed by atoms with Gasteiger partial charge in [-0.05, 0) is 168 Å². The van der Waals surface area contributed by atoms with Gasteiger partial charge in [0.1, 0.15) is 0 Å². The smallest absolute Gasteiger partial charge is 0.253 e. The van der Waals surface area contributed by atoms with Crippen LogP contribution in [0.1, 0.15) is 197 Å². The Kier molecular flexibility index (Phi) is 31.8. The predicted octanol–water partition coefficient (Wildman–Crippen LogP) is 19.4. The lowest BCUT2D eigenvalue weighted by Gasteiger charge is -2.39. The number of carbonyl (C=O) groups excluding carboxylic acids is 3. The van der Waals surface area contributed by atoms with Crippen molar-refractivity contribution in [1.29, 1.82) is 0 Å². The average molecular weight is 1440 g/mol. The molecule has 2 bridgehead atoms. The van der Waals surface area contributed by atoms with Crippen molar-refractivity contribution in [3.05, 3.63) is 245 Å². The van der Waals surface area contributed by atoms with E-state index in [4.69, 9.17) is 11.6 Å². The van der Waals surface area contributed by atoms with Gasteiger partial charge in [-0.15, -0.1) is 0 Å². The van der Waals surface area contributed by atoms with E-state index in [1.165, 1.54) is 100 Å². The van der Waals surface area contributed by atoms with Gasteiger partial charge in [-0.25, -0.2) is 0 Å². The molecule has 2 fully saturated rings. The second-order valence-corrected chi connectivity index (χ2v) is 30.1. The number of benzene rings is 6. The lowest BCUT2D eigenvalue weighted by molar-refractivity contribution is 0.0939. The number of aryl methyl sites for hydroxylation is 4. The normalized spacial score (nSPS) is 15.8. The Hall–Kier alpha value is -8.33. The first-order valence-corrected chi connectivity index (χ1v) is 40.2. The van der Waals surface area contributed by atoms with E-state index >= 15 is 0 Å². The van der Waals surface area contributed by atoms with Crippen molar-refractivity contribution >= 4 is 62.0 Å². The zero-order valence-electron chi connectivity index (χ0n) is 63.8. The highest BCUT2D eigenvalue weighted by molar-refractivity contribution is 6.31. The molecule has 4 N–H and O–H groups in total. The minimum Gasteiger partial charge on any atom is -0.352 e. The number of piperidine rings is 1. The number of unbranched alkanes of at least 4 members (excludes halogenated alkanes) is 2. The quantitative estimate of drug-likeness (QED) is 0.0283. The summed E-state index contributed by atoms with van der Waals surface area (Å²) >= 11 is 6.23. The molecule has 2 aliphatic rings. The van der Waals surface area contributed by atoms with Crippen LogP contribution in [0.2, 0.25) is 5.02 Å². The van der Waals surface area contributed by atoms with Crippen molar-refractivity contribution in [2.45, 2.75) is 194 Å². The number of nitrogens with zero attached hydrogens (tertiary/aromatic N) is 6. The fourth-order valence-corrected chi connectivity index (χ4v) is 16.0. The molecular weight excluding hydrogens is 1320 g/mol. The molecule has 5 atom stereocenters. The van der Waals surface area contributed by atoms with Crippen LogP contribution < -0.4 is 21.3 Å². The van der Waals surface area contributed by atoms with Gasteiger partial charge >= 0.3 is 0 Å². The number of nitrogens with one attached hydrogen (secondary N) is 4. The molecule has 0 aliphatic carbocycles. The Labute approximate surface area is 632 Å². The van der Waals surface area contributed by atoms with Gasteiger partial charge in [0.05, 0.1) is 16.7 Å². The first-order valence-electron chi connectivity index (χ1n) is 39.9. The Morgan fingerprint density at radius 3 is 1.55 bits per heavy atom. The topological polar surface area (TPSA) is 133 Å². The van der Waals surface area contributed by atoms with Gasteiger partial charge < -0.3 is 39.9 Å². The third-order valence-corrected chi connectivity index (χ3v) is 22.5. The monoisotopic (exact) mass is 1430 g/mol. The summed E-state index contributed by atoms with van der Waals surface area (Å²) in [6.45, 7) is 20.9. The number of likely N-dealkylation sites (N-methyl/N-ethyl adjacent to an activating group) is 1. The SMILES string of the molecule is CCCCC(CC)CNC(=O)c1cn(CCCN2C3CCC2CC(CCc2ccccc2)C3)c2ccccc12.CCCCC(CC)CNC(=O)c1cn(CCCNCC(C)c2ccccc2)c2ccccc12.CN(CCCn1cc(C(=O)NCc2ccccc2Cl)c2ccccc21)CCc1ccccn1. The summed E-state index contributed by atoms with van der Waals surface area (Å²) in [5, 5.41) is 16.8. The summed E-state index contributed by atoms with van der Waals surface area (Å²) in [6.07, 6.45) is 29.6. The predicted molar refractivity (Wildman–Crippen MR) is 438 cm³/mol. The van der Waals surface area contributed by atoms with Gasteiger partial charge in [-0.1, -0.05) is 224 Å². The molecule has 2 saturated heterocycles. The molecule has 13 nitrogen and oxygen atoms in total. The van der Waals surface area contributed by atoms with Crippen molar-refractivity contribution in [3.63, 3.8) is 0 Å². The Bertz CT molecular complexity index is 4210. The second kappa shape index (κ2) is 42.1. The molecule has 0 radical (unpaired) electrons. The number of pyridine rings is 1. The minimum atomic E-state index is -0.0858. The van der Waals surface area contributed by atoms with E-state index in [2.05, 4.69) is 213 Å². The van der Waals surface area contributed by atoms with Gasteiger partial charge in [0.25, 0.3) is 17.7 Å². The number of fused-ring (bicyclic) bond motifs is 5. The zero-order valence-corrected chi connectivity index (χ0v) is 64.6. The summed E-state index contributed by atoms with van der Waals surface area (Å²) in [5.74, 6) is 2.55. The molecule has 14 heteroatoms. The Balaban J connectivity index is 0.000000170. The number of hydrogen-bond acceptors (Lipinski definition) is 7. The van der Waals surface area contributed by atoms with Crippen molar-refractivity contribution in [2.75, 3.05) is 52.9 Å². The fourth-order valence-electron chi connectivity index (χ4n) is 15.8. The van der Waals surface area contributed by atoms with Crippen LogP contribution >= 0.6 is 11.6 Å². The van der Waals surface area contributed by atoms with E-state index in [0.717, 1.165) is 165 Å². The molecule has 4 aromatic heterocycles. The van der Waals surface area contributed by atoms with Crippen LogP contribution in [0, 0.1) is 17.8 Å². The Morgan fingerprint density at radius 2 is 1.02 bits per heavy atom. The van der Waals surface area contributed by atoms with Crippen molar-refractivity contribution in [1.82, 2.24) is 49.8 Å². The largest absolute Gasteiger partial charge is 0.352 e. The minimum absolute atomic E-state index is 0.0507. The number of carbonyl (C=O) groups is 3. The van der Waals surface area contributed by atoms with E-state index in [-0.39, 0.29) is 17.7 Å². The lowest BCUT2D eigenvalue weighted by Crippen LogP contribution is -2.43. The van der Waals surface area contributed by atoms with E-state index in [1.807, 2.05) is 79.3 Å². The first-order chi connectivity index (χ1) is 51.4. The third-order valence-electron chi connectivity index (χ3n) is 22.2. The van der Waals surface area contributed by atoms with Crippen molar-refractivity contribution < 1.29 is 14.4 Å².